The van der Waals surface area contributed by atoms with E-state index >= 15 is 0 Å². The van der Waals surface area contributed by atoms with E-state index in [-0.39, 0.29) is 11.9 Å². The smallest absolute Gasteiger partial charge is 0.123 e. The average molecular weight is 235 g/mol. The molecule has 0 aliphatic heterocycles. The fourth-order valence-electron chi connectivity index (χ4n) is 1.56. The summed E-state index contributed by atoms with van der Waals surface area (Å²) in [5.74, 6) is -0.179. The first-order valence-corrected chi connectivity index (χ1v) is 6.20. The van der Waals surface area contributed by atoms with Crippen LogP contribution in [0.25, 0.3) is 0 Å². The Labute approximate surface area is 98.9 Å². The second kappa shape index (κ2) is 5.23. The van der Waals surface area contributed by atoms with Crippen molar-refractivity contribution in [1.82, 2.24) is 5.32 Å². The van der Waals surface area contributed by atoms with Gasteiger partial charge in [0.15, 0.2) is 0 Å². The van der Waals surface area contributed by atoms with Crippen LogP contribution >= 0.6 is 11.3 Å². The number of halogens is 1. The Bertz CT molecular complexity index is 439. The highest BCUT2D eigenvalue weighted by molar-refractivity contribution is 7.07. The maximum absolute atomic E-state index is 13.0. The van der Waals surface area contributed by atoms with Crippen LogP contribution in [0.3, 0.4) is 0 Å². The van der Waals surface area contributed by atoms with Crippen molar-refractivity contribution >= 4 is 11.3 Å². The van der Waals surface area contributed by atoms with E-state index in [4.69, 9.17) is 0 Å². The third-order valence-corrected chi connectivity index (χ3v) is 3.27. The number of nitrogens with one attached hydrogen (secondary N) is 1. The van der Waals surface area contributed by atoms with E-state index in [2.05, 4.69) is 22.1 Å². The molecule has 16 heavy (non-hydrogen) atoms. The molecule has 1 atom stereocenters. The van der Waals surface area contributed by atoms with Gasteiger partial charge in [-0.1, -0.05) is 12.1 Å². The third-order valence-electron chi connectivity index (χ3n) is 2.54. The van der Waals surface area contributed by atoms with E-state index in [0.29, 0.717) is 0 Å². The van der Waals surface area contributed by atoms with Crippen molar-refractivity contribution in [3.8, 4) is 0 Å². The molecule has 1 N–H and O–H groups in total. The van der Waals surface area contributed by atoms with Crippen LogP contribution in [0.2, 0.25) is 0 Å². The number of hydrogen-bond acceptors (Lipinski definition) is 2. The largest absolute Gasteiger partial charge is 0.306 e. The molecule has 1 nitrogen and oxygen atoms in total. The lowest BCUT2D eigenvalue weighted by Crippen LogP contribution is -2.17. The predicted octanol–water partition coefficient (Wildman–Crippen LogP) is 3.74. The summed E-state index contributed by atoms with van der Waals surface area (Å²) in [5, 5.41) is 7.54. The first-order valence-electron chi connectivity index (χ1n) is 5.25. The van der Waals surface area contributed by atoms with Gasteiger partial charge in [-0.05, 0) is 47.0 Å². The molecule has 1 heterocycles. The van der Waals surface area contributed by atoms with Gasteiger partial charge < -0.3 is 5.32 Å². The molecule has 0 radical (unpaired) electrons. The molecule has 1 aromatic carbocycles. The van der Waals surface area contributed by atoms with Gasteiger partial charge in [0.1, 0.15) is 5.82 Å². The van der Waals surface area contributed by atoms with E-state index in [1.807, 2.05) is 13.0 Å². The maximum atomic E-state index is 13.0. The zero-order chi connectivity index (χ0) is 11.4. The molecule has 3 heteroatoms. The Morgan fingerprint density at radius 1 is 1.38 bits per heavy atom. The molecule has 0 aliphatic rings. The van der Waals surface area contributed by atoms with Crippen molar-refractivity contribution in [3.05, 3.63) is 58.0 Å². The average Bonchev–Trinajstić information content (AvgIpc) is 2.78. The van der Waals surface area contributed by atoms with Crippen LogP contribution in [-0.2, 0) is 6.54 Å². The number of benzene rings is 1. The zero-order valence-electron chi connectivity index (χ0n) is 9.11. The summed E-state index contributed by atoms with van der Waals surface area (Å²) in [4.78, 5) is 0. The molecular formula is C13H14FNS. The SMILES string of the molecule is C[C@@H](NCc1ccsc1)c1cccc(F)c1. The van der Waals surface area contributed by atoms with Crippen molar-refractivity contribution in [2.24, 2.45) is 0 Å². The quantitative estimate of drug-likeness (QED) is 0.851. The van der Waals surface area contributed by atoms with Crippen molar-refractivity contribution in [2.45, 2.75) is 19.5 Å². The first-order chi connectivity index (χ1) is 7.75. The minimum absolute atomic E-state index is 0.163. The van der Waals surface area contributed by atoms with Crippen molar-refractivity contribution in [1.29, 1.82) is 0 Å². The van der Waals surface area contributed by atoms with E-state index in [1.165, 1.54) is 11.6 Å². The van der Waals surface area contributed by atoms with Crippen LogP contribution in [0, 0.1) is 5.82 Å². The standard InChI is InChI=1S/C13H14FNS/c1-10(12-3-2-4-13(14)7-12)15-8-11-5-6-16-9-11/h2-7,9-10,15H,8H2,1H3/t10-/m1/s1. The van der Waals surface area contributed by atoms with Crippen LogP contribution in [0.4, 0.5) is 4.39 Å². The summed E-state index contributed by atoms with van der Waals surface area (Å²) in [6, 6.07) is 8.98. The lowest BCUT2D eigenvalue weighted by Gasteiger charge is -2.13. The summed E-state index contributed by atoms with van der Waals surface area (Å²) >= 11 is 1.69. The van der Waals surface area contributed by atoms with E-state index in [9.17, 15) is 4.39 Å². The van der Waals surface area contributed by atoms with Crippen molar-refractivity contribution in [3.63, 3.8) is 0 Å². The highest BCUT2D eigenvalue weighted by Gasteiger charge is 2.05. The Hall–Kier alpha value is -1.19. The number of rotatable bonds is 4. The van der Waals surface area contributed by atoms with Crippen LogP contribution in [0.5, 0.6) is 0 Å². The predicted molar refractivity (Wildman–Crippen MR) is 66.0 cm³/mol. The van der Waals surface area contributed by atoms with Gasteiger partial charge in [0.25, 0.3) is 0 Å². The molecule has 0 unspecified atom stereocenters. The Morgan fingerprint density at radius 3 is 2.94 bits per heavy atom. The second-order valence-corrected chi connectivity index (χ2v) is 4.57. The topological polar surface area (TPSA) is 12.0 Å². The van der Waals surface area contributed by atoms with Gasteiger partial charge in [-0.15, -0.1) is 0 Å². The molecule has 0 bridgehead atoms. The van der Waals surface area contributed by atoms with E-state index in [0.717, 1.165) is 12.1 Å². The molecule has 0 spiro atoms. The molecule has 0 fully saturated rings. The van der Waals surface area contributed by atoms with Crippen LogP contribution in [-0.4, -0.2) is 0 Å². The Kier molecular flexibility index (Phi) is 3.70. The Balaban J connectivity index is 1.95. The minimum Gasteiger partial charge on any atom is -0.306 e. The lowest BCUT2D eigenvalue weighted by atomic mass is 10.1. The van der Waals surface area contributed by atoms with Gasteiger partial charge >= 0.3 is 0 Å². The molecule has 0 amide bonds. The number of hydrogen-bond donors (Lipinski definition) is 1. The van der Waals surface area contributed by atoms with Crippen molar-refractivity contribution < 1.29 is 4.39 Å². The van der Waals surface area contributed by atoms with Gasteiger partial charge in [-0.25, -0.2) is 4.39 Å². The van der Waals surface area contributed by atoms with Gasteiger partial charge in [0.2, 0.25) is 0 Å². The highest BCUT2D eigenvalue weighted by Crippen LogP contribution is 2.14. The third kappa shape index (κ3) is 2.90. The first kappa shape index (κ1) is 11.3. The molecule has 0 saturated heterocycles. The molecule has 2 rings (SSSR count). The lowest BCUT2D eigenvalue weighted by molar-refractivity contribution is 0.565. The highest BCUT2D eigenvalue weighted by atomic mass is 32.1. The van der Waals surface area contributed by atoms with Crippen molar-refractivity contribution in [2.75, 3.05) is 0 Å². The van der Waals surface area contributed by atoms with E-state index < -0.39 is 0 Å². The summed E-state index contributed by atoms with van der Waals surface area (Å²) < 4.78 is 13.0. The monoisotopic (exact) mass is 235 g/mol. The molecule has 0 saturated carbocycles. The maximum Gasteiger partial charge on any atom is 0.123 e. The number of thiophene rings is 1. The minimum atomic E-state index is -0.179. The second-order valence-electron chi connectivity index (χ2n) is 3.79. The molecule has 1 aromatic heterocycles. The normalized spacial score (nSPS) is 12.6. The summed E-state index contributed by atoms with van der Waals surface area (Å²) in [6.07, 6.45) is 0. The van der Waals surface area contributed by atoms with Gasteiger partial charge in [0, 0.05) is 12.6 Å². The fourth-order valence-corrected chi connectivity index (χ4v) is 2.23. The summed E-state index contributed by atoms with van der Waals surface area (Å²) in [7, 11) is 0. The fraction of sp³-hybridized carbons (Fsp3) is 0.231. The molecule has 84 valence electrons. The molecule has 0 aliphatic carbocycles. The Morgan fingerprint density at radius 2 is 2.25 bits per heavy atom. The van der Waals surface area contributed by atoms with Crippen LogP contribution in [0.15, 0.2) is 41.1 Å². The van der Waals surface area contributed by atoms with E-state index in [1.54, 1.807) is 23.5 Å². The van der Waals surface area contributed by atoms with Gasteiger partial charge in [-0.2, -0.15) is 11.3 Å². The molecular weight excluding hydrogens is 221 g/mol. The van der Waals surface area contributed by atoms with Gasteiger partial charge in [0.05, 0.1) is 0 Å². The van der Waals surface area contributed by atoms with Gasteiger partial charge in [-0.3, -0.25) is 0 Å². The summed E-state index contributed by atoms with van der Waals surface area (Å²) in [6.45, 7) is 2.86. The zero-order valence-corrected chi connectivity index (χ0v) is 9.93. The van der Waals surface area contributed by atoms with Crippen LogP contribution < -0.4 is 5.32 Å². The van der Waals surface area contributed by atoms with Crippen LogP contribution in [0.1, 0.15) is 24.1 Å². The summed E-state index contributed by atoms with van der Waals surface area (Å²) in [5.41, 5.74) is 2.25. The molecule has 2 aromatic rings.